The van der Waals surface area contributed by atoms with Crippen molar-refractivity contribution in [1.29, 1.82) is 0 Å². The lowest BCUT2D eigenvalue weighted by atomic mass is 10.1. The molecule has 2 aromatic carbocycles. The minimum Gasteiger partial charge on any atom is -0.407 e. The van der Waals surface area contributed by atoms with Gasteiger partial charge in [0.25, 0.3) is 8.32 Å². The molecule has 0 N–H and O–H groups in total. The van der Waals surface area contributed by atoms with Gasteiger partial charge in [-0.05, 0) is 34.7 Å². The summed E-state index contributed by atoms with van der Waals surface area (Å²) in [5.74, 6) is 0. The molecule has 0 saturated carbocycles. The Bertz CT molecular complexity index is 678. The minimum atomic E-state index is -2.39. The van der Waals surface area contributed by atoms with Gasteiger partial charge >= 0.3 is 0 Å². The second-order valence-electron chi connectivity index (χ2n) is 8.26. The first kappa shape index (κ1) is 19.8. The second kappa shape index (κ2) is 8.85. The molecular formula is C23H31NO2Si. The quantitative estimate of drug-likeness (QED) is 0.498. The summed E-state index contributed by atoms with van der Waals surface area (Å²) in [6.07, 6.45) is 6.26. The Morgan fingerprint density at radius 2 is 1.56 bits per heavy atom. The van der Waals surface area contributed by atoms with Crippen LogP contribution < -0.4 is 10.4 Å². The van der Waals surface area contributed by atoms with Crippen LogP contribution in [-0.2, 0) is 9.26 Å². The molecule has 1 aliphatic heterocycles. The van der Waals surface area contributed by atoms with E-state index in [4.69, 9.17) is 9.26 Å². The van der Waals surface area contributed by atoms with Gasteiger partial charge < -0.3 is 9.26 Å². The fourth-order valence-electron chi connectivity index (χ4n) is 3.96. The van der Waals surface area contributed by atoms with Crippen LogP contribution in [0, 0.1) is 0 Å². The van der Waals surface area contributed by atoms with E-state index >= 15 is 0 Å². The minimum absolute atomic E-state index is 0.0398. The Morgan fingerprint density at radius 3 is 2.04 bits per heavy atom. The van der Waals surface area contributed by atoms with Crippen LogP contribution in [0.25, 0.3) is 0 Å². The van der Waals surface area contributed by atoms with Crippen molar-refractivity contribution in [2.75, 3.05) is 6.61 Å². The summed E-state index contributed by atoms with van der Waals surface area (Å²) >= 11 is 0. The second-order valence-corrected chi connectivity index (χ2v) is 12.6. The number of benzene rings is 2. The van der Waals surface area contributed by atoms with Crippen LogP contribution in [0.2, 0.25) is 5.04 Å². The molecule has 4 heteroatoms. The van der Waals surface area contributed by atoms with Crippen LogP contribution in [-0.4, -0.2) is 27.2 Å². The molecule has 3 nitrogen and oxygen atoms in total. The van der Waals surface area contributed by atoms with E-state index in [0.29, 0.717) is 0 Å². The van der Waals surface area contributed by atoms with Crippen molar-refractivity contribution in [3.63, 3.8) is 0 Å². The van der Waals surface area contributed by atoms with Gasteiger partial charge in [-0.15, -0.1) is 0 Å². The van der Waals surface area contributed by atoms with Crippen molar-refractivity contribution >= 4 is 24.9 Å². The number of oxime groups is 1. The zero-order chi connectivity index (χ0) is 19.2. The molecule has 1 heterocycles. The molecule has 27 heavy (non-hydrogen) atoms. The average molecular weight is 382 g/mol. The first-order chi connectivity index (χ1) is 13.0. The smallest absolute Gasteiger partial charge is 0.261 e. The van der Waals surface area contributed by atoms with Crippen LogP contribution in [0.5, 0.6) is 0 Å². The number of rotatable bonds is 8. The maximum atomic E-state index is 6.90. The van der Waals surface area contributed by atoms with Gasteiger partial charge in [0.15, 0.2) is 0 Å². The number of unbranched alkanes of at least 4 members (excludes halogenated alkanes) is 1. The van der Waals surface area contributed by atoms with Gasteiger partial charge in [-0.2, -0.15) is 0 Å². The summed E-state index contributed by atoms with van der Waals surface area (Å²) in [4.78, 5) is 5.33. The lowest BCUT2D eigenvalue weighted by Crippen LogP contribution is -2.66. The largest absolute Gasteiger partial charge is 0.407 e. The van der Waals surface area contributed by atoms with Crippen molar-refractivity contribution in [3.8, 4) is 0 Å². The first-order valence-electron chi connectivity index (χ1n) is 9.97. The molecule has 3 rings (SSSR count). The highest BCUT2D eigenvalue weighted by atomic mass is 28.4. The lowest BCUT2D eigenvalue weighted by Gasteiger charge is -2.43. The molecule has 2 aromatic rings. The topological polar surface area (TPSA) is 30.8 Å². The molecule has 1 atom stereocenters. The molecular weight excluding hydrogens is 350 g/mol. The number of hydrogen-bond acceptors (Lipinski definition) is 3. The molecule has 0 amide bonds. The Morgan fingerprint density at radius 1 is 0.963 bits per heavy atom. The number of nitrogens with zero attached hydrogens (tertiary/aromatic N) is 1. The maximum Gasteiger partial charge on any atom is 0.261 e. The predicted octanol–water partition coefficient (Wildman–Crippen LogP) is 4.51. The third kappa shape index (κ3) is 4.50. The molecule has 0 fully saturated rings. The summed E-state index contributed by atoms with van der Waals surface area (Å²) in [6.45, 7) is 7.75. The van der Waals surface area contributed by atoms with Crippen molar-refractivity contribution in [3.05, 3.63) is 60.7 Å². The third-order valence-electron chi connectivity index (χ3n) is 5.31. The Balaban J connectivity index is 1.79. The highest BCUT2D eigenvalue weighted by molar-refractivity contribution is 6.99. The fraction of sp³-hybridized carbons (Fsp3) is 0.435. The van der Waals surface area contributed by atoms with Gasteiger partial charge in [-0.3, -0.25) is 0 Å². The summed E-state index contributed by atoms with van der Waals surface area (Å²) < 4.78 is 6.90. The molecule has 0 aliphatic carbocycles. The van der Waals surface area contributed by atoms with E-state index in [1.807, 2.05) is 6.21 Å². The predicted molar refractivity (Wildman–Crippen MR) is 115 cm³/mol. The van der Waals surface area contributed by atoms with Gasteiger partial charge in [0, 0.05) is 19.2 Å². The maximum absolute atomic E-state index is 6.90. The third-order valence-corrected chi connectivity index (χ3v) is 10.4. The van der Waals surface area contributed by atoms with Gasteiger partial charge in [-0.1, -0.05) is 86.6 Å². The molecule has 0 saturated heterocycles. The van der Waals surface area contributed by atoms with Crippen LogP contribution in [0.15, 0.2) is 65.8 Å². The van der Waals surface area contributed by atoms with Gasteiger partial charge in [0.2, 0.25) is 0 Å². The van der Waals surface area contributed by atoms with Crippen molar-refractivity contribution in [2.24, 2.45) is 5.16 Å². The molecule has 0 spiro atoms. The van der Waals surface area contributed by atoms with E-state index < -0.39 is 8.32 Å². The van der Waals surface area contributed by atoms with Gasteiger partial charge in [0.1, 0.15) is 6.10 Å². The standard InChI is InChI=1S/C23H31NO2Si/c1-23(2,3)27(21-13-6-4-7-14-21,22-15-8-5-9-16-22)25-19-11-10-12-20-17-18-24-26-20/h4-9,13-16,18,20H,10-12,17,19H2,1-3H3. The van der Waals surface area contributed by atoms with Crippen LogP contribution in [0.1, 0.15) is 46.5 Å². The average Bonchev–Trinajstić information content (AvgIpc) is 3.19. The van der Waals surface area contributed by atoms with Crippen molar-refractivity contribution in [1.82, 2.24) is 0 Å². The van der Waals surface area contributed by atoms with E-state index in [9.17, 15) is 0 Å². The molecule has 0 bridgehead atoms. The van der Waals surface area contributed by atoms with Crippen LogP contribution in [0.3, 0.4) is 0 Å². The normalized spacial score (nSPS) is 17.1. The van der Waals surface area contributed by atoms with Crippen molar-refractivity contribution < 1.29 is 9.26 Å². The van der Waals surface area contributed by atoms with E-state index in [-0.39, 0.29) is 11.1 Å². The zero-order valence-corrected chi connectivity index (χ0v) is 17.7. The highest BCUT2D eigenvalue weighted by Crippen LogP contribution is 2.36. The molecule has 0 aromatic heterocycles. The Hall–Kier alpha value is -1.91. The summed E-state index contributed by atoms with van der Waals surface area (Å²) in [7, 11) is -2.39. The summed E-state index contributed by atoms with van der Waals surface area (Å²) in [5.41, 5.74) is 0. The first-order valence-corrected chi connectivity index (χ1v) is 11.9. The van der Waals surface area contributed by atoms with Crippen LogP contribution in [0.4, 0.5) is 0 Å². The fourth-order valence-corrected chi connectivity index (χ4v) is 8.57. The Labute approximate surface area is 164 Å². The zero-order valence-electron chi connectivity index (χ0n) is 16.7. The molecule has 0 radical (unpaired) electrons. The van der Waals surface area contributed by atoms with E-state index in [0.717, 1.165) is 32.3 Å². The molecule has 144 valence electrons. The number of hydrogen-bond donors (Lipinski definition) is 0. The van der Waals surface area contributed by atoms with E-state index in [1.54, 1.807) is 0 Å². The molecule has 1 aliphatic rings. The summed E-state index contributed by atoms with van der Waals surface area (Å²) in [6, 6.07) is 21.7. The van der Waals surface area contributed by atoms with E-state index in [2.05, 4.69) is 86.6 Å². The Kier molecular flexibility index (Phi) is 6.50. The highest BCUT2D eigenvalue weighted by Gasteiger charge is 2.49. The SMILES string of the molecule is CC(C)(C)[Si](OCCCCC1CC=NO1)(c1ccccc1)c1ccccc1. The molecule has 1 unspecified atom stereocenters. The summed E-state index contributed by atoms with van der Waals surface area (Å²) in [5, 5.41) is 6.59. The monoisotopic (exact) mass is 381 g/mol. The van der Waals surface area contributed by atoms with Crippen LogP contribution >= 0.6 is 0 Å². The van der Waals surface area contributed by atoms with E-state index in [1.165, 1.54) is 10.4 Å². The van der Waals surface area contributed by atoms with Gasteiger partial charge in [-0.25, -0.2) is 0 Å². The lowest BCUT2D eigenvalue weighted by molar-refractivity contribution is 0.0762. The van der Waals surface area contributed by atoms with Crippen molar-refractivity contribution in [2.45, 2.75) is 57.6 Å². The van der Waals surface area contributed by atoms with Gasteiger partial charge in [0.05, 0.1) is 0 Å².